The molecule has 0 aromatic heterocycles. The van der Waals surface area contributed by atoms with Crippen molar-refractivity contribution in [2.45, 2.75) is 38.7 Å². The van der Waals surface area contributed by atoms with Gasteiger partial charge in [-0.1, -0.05) is 35.4 Å². The fourth-order valence-corrected chi connectivity index (χ4v) is 3.99. The molecule has 7 heteroatoms. The number of piperidine rings is 1. The highest BCUT2D eigenvalue weighted by atomic mass is 16.5. The maximum atomic E-state index is 12.2. The summed E-state index contributed by atoms with van der Waals surface area (Å²) in [7, 11) is 0. The second-order valence-electron chi connectivity index (χ2n) is 7.28. The molecule has 1 saturated heterocycles. The second kappa shape index (κ2) is 8.23. The molecule has 1 amide bonds. The van der Waals surface area contributed by atoms with Crippen molar-refractivity contribution < 1.29 is 14.3 Å². The van der Waals surface area contributed by atoms with Crippen molar-refractivity contribution >= 4 is 11.9 Å². The van der Waals surface area contributed by atoms with Crippen LogP contribution in [0.4, 0.5) is 0 Å². The lowest BCUT2D eigenvalue weighted by atomic mass is 9.57. The smallest absolute Gasteiger partial charge is 0.309 e. The molecule has 2 aliphatic rings. The van der Waals surface area contributed by atoms with Gasteiger partial charge in [0, 0.05) is 31.0 Å². The molecule has 7 nitrogen and oxygen atoms in total. The van der Waals surface area contributed by atoms with Crippen molar-refractivity contribution in [1.82, 2.24) is 4.90 Å². The first-order valence-electron chi connectivity index (χ1n) is 9.11. The molecule has 1 heterocycles. The van der Waals surface area contributed by atoms with Gasteiger partial charge in [0.1, 0.15) is 6.61 Å². The molecule has 26 heavy (non-hydrogen) atoms. The Labute approximate surface area is 152 Å². The van der Waals surface area contributed by atoms with Gasteiger partial charge in [-0.2, -0.15) is 0 Å². The molecule has 1 aromatic rings. The van der Waals surface area contributed by atoms with Gasteiger partial charge >= 0.3 is 5.97 Å². The molecular formula is C19H24N4O3. The van der Waals surface area contributed by atoms with Crippen LogP contribution in [0.3, 0.4) is 0 Å². The SMILES string of the molecule is [N-]=[N+]=NCCC(=O)N1CCC2(CC1)CC(C(=O)OCc1ccccc1)C2. The highest BCUT2D eigenvalue weighted by Crippen LogP contribution is 2.53. The Morgan fingerprint density at radius 1 is 1.23 bits per heavy atom. The Morgan fingerprint density at radius 3 is 2.58 bits per heavy atom. The molecule has 0 unspecified atom stereocenters. The monoisotopic (exact) mass is 356 g/mol. The third-order valence-electron chi connectivity index (χ3n) is 5.58. The maximum Gasteiger partial charge on any atom is 0.309 e. The molecule has 3 rings (SSSR count). The number of hydrogen-bond donors (Lipinski definition) is 0. The van der Waals surface area contributed by atoms with Gasteiger partial charge in [0.2, 0.25) is 5.91 Å². The zero-order chi connectivity index (χ0) is 18.4. The van der Waals surface area contributed by atoms with Gasteiger partial charge in [0.15, 0.2) is 0 Å². The summed E-state index contributed by atoms with van der Waals surface area (Å²) >= 11 is 0. The lowest BCUT2D eigenvalue weighted by Gasteiger charge is -2.51. The van der Waals surface area contributed by atoms with Gasteiger partial charge in [-0.25, -0.2) is 0 Å². The van der Waals surface area contributed by atoms with Crippen LogP contribution in [0.5, 0.6) is 0 Å². The van der Waals surface area contributed by atoms with Gasteiger partial charge in [-0.05, 0) is 42.2 Å². The largest absolute Gasteiger partial charge is 0.461 e. The second-order valence-corrected chi connectivity index (χ2v) is 7.28. The number of amides is 1. The summed E-state index contributed by atoms with van der Waals surface area (Å²) in [6, 6.07) is 9.70. The summed E-state index contributed by atoms with van der Waals surface area (Å²) < 4.78 is 5.44. The van der Waals surface area contributed by atoms with E-state index in [0.29, 0.717) is 6.61 Å². The minimum absolute atomic E-state index is 0.00840. The summed E-state index contributed by atoms with van der Waals surface area (Å²) in [5, 5.41) is 3.41. The summed E-state index contributed by atoms with van der Waals surface area (Å²) in [4.78, 5) is 28.8. The molecular weight excluding hydrogens is 332 g/mol. The lowest BCUT2D eigenvalue weighted by molar-refractivity contribution is -0.161. The van der Waals surface area contributed by atoms with E-state index in [-0.39, 0.29) is 36.2 Å². The first-order chi connectivity index (χ1) is 12.6. The van der Waals surface area contributed by atoms with E-state index >= 15 is 0 Å². The predicted molar refractivity (Wildman–Crippen MR) is 95.8 cm³/mol. The van der Waals surface area contributed by atoms with E-state index in [1.807, 2.05) is 35.2 Å². The van der Waals surface area contributed by atoms with E-state index < -0.39 is 0 Å². The van der Waals surface area contributed by atoms with E-state index in [4.69, 9.17) is 10.3 Å². The number of benzene rings is 1. The number of nitrogens with zero attached hydrogens (tertiary/aromatic N) is 4. The summed E-state index contributed by atoms with van der Waals surface area (Å²) in [5.74, 6) is -0.0660. The van der Waals surface area contributed by atoms with Crippen LogP contribution >= 0.6 is 0 Å². The fourth-order valence-electron chi connectivity index (χ4n) is 3.99. The molecule has 0 atom stereocenters. The van der Waals surface area contributed by atoms with Crippen LogP contribution < -0.4 is 0 Å². The van der Waals surface area contributed by atoms with Crippen LogP contribution in [0.2, 0.25) is 0 Å². The number of esters is 1. The van der Waals surface area contributed by atoms with Crippen LogP contribution in [0.1, 0.15) is 37.7 Å². The van der Waals surface area contributed by atoms with Crippen LogP contribution in [-0.2, 0) is 20.9 Å². The average molecular weight is 356 g/mol. The predicted octanol–water partition coefficient (Wildman–Crippen LogP) is 3.45. The number of hydrogen-bond acceptors (Lipinski definition) is 4. The van der Waals surface area contributed by atoms with Gasteiger partial charge in [0.05, 0.1) is 5.92 Å². The molecule has 1 aliphatic heterocycles. The molecule has 0 radical (unpaired) electrons. The minimum Gasteiger partial charge on any atom is -0.461 e. The first-order valence-corrected chi connectivity index (χ1v) is 9.11. The lowest BCUT2D eigenvalue weighted by Crippen LogP contribution is -2.50. The van der Waals surface area contributed by atoms with Crippen molar-refractivity contribution in [3.8, 4) is 0 Å². The van der Waals surface area contributed by atoms with E-state index in [1.165, 1.54) is 0 Å². The molecule has 138 valence electrons. The van der Waals surface area contributed by atoms with Gasteiger partial charge in [-0.15, -0.1) is 0 Å². The van der Waals surface area contributed by atoms with Gasteiger partial charge < -0.3 is 9.64 Å². The van der Waals surface area contributed by atoms with Crippen LogP contribution in [0.15, 0.2) is 35.4 Å². The molecule has 1 aliphatic carbocycles. The van der Waals surface area contributed by atoms with Crippen molar-refractivity contribution in [3.05, 3.63) is 46.3 Å². The van der Waals surface area contributed by atoms with E-state index in [2.05, 4.69) is 10.0 Å². The Balaban J connectivity index is 1.38. The summed E-state index contributed by atoms with van der Waals surface area (Å²) in [6.07, 6.45) is 3.86. The van der Waals surface area contributed by atoms with Crippen molar-refractivity contribution in [3.63, 3.8) is 0 Å². The van der Waals surface area contributed by atoms with Crippen LogP contribution in [0.25, 0.3) is 10.4 Å². The standard InChI is InChI=1S/C19H24N4O3/c20-22-21-9-6-17(24)23-10-7-19(8-11-23)12-16(13-19)18(25)26-14-15-4-2-1-3-5-15/h1-5,16H,6-14H2. The minimum atomic E-state index is -0.104. The zero-order valence-corrected chi connectivity index (χ0v) is 14.8. The molecule has 0 N–H and O–H groups in total. The molecule has 0 bridgehead atoms. The zero-order valence-electron chi connectivity index (χ0n) is 14.8. The number of azide groups is 1. The highest BCUT2D eigenvalue weighted by Gasteiger charge is 2.49. The Kier molecular flexibility index (Phi) is 5.78. The van der Waals surface area contributed by atoms with E-state index in [9.17, 15) is 9.59 Å². The van der Waals surface area contributed by atoms with Gasteiger partial charge in [0.25, 0.3) is 0 Å². The van der Waals surface area contributed by atoms with Crippen molar-refractivity contribution in [1.29, 1.82) is 0 Å². The number of ether oxygens (including phenoxy) is 1. The molecule has 1 aromatic carbocycles. The van der Waals surface area contributed by atoms with E-state index in [1.54, 1.807) is 0 Å². The average Bonchev–Trinajstić information content (AvgIpc) is 2.65. The number of carbonyl (C=O) groups excluding carboxylic acids is 2. The number of carbonyl (C=O) groups is 2. The van der Waals surface area contributed by atoms with E-state index in [0.717, 1.165) is 44.3 Å². The Hall–Kier alpha value is -2.53. The summed E-state index contributed by atoms with van der Waals surface area (Å²) in [6.45, 7) is 1.99. The third kappa shape index (κ3) is 4.35. The van der Waals surface area contributed by atoms with Gasteiger partial charge in [-0.3, -0.25) is 9.59 Å². The topological polar surface area (TPSA) is 95.4 Å². The van der Waals surface area contributed by atoms with Crippen molar-refractivity contribution in [2.24, 2.45) is 16.4 Å². The number of likely N-dealkylation sites (tertiary alicyclic amines) is 1. The normalized spacial score (nSPS) is 18.7. The maximum absolute atomic E-state index is 12.2. The fraction of sp³-hybridized carbons (Fsp3) is 0.579. The first kappa shape index (κ1) is 18.3. The van der Waals surface area contributed by atoms with Crippen molar-refractivity contribution in [2.75, 3.05) is 19.6 Å². The quantitative estimate of drug-likeness (QED) is 0.338. The summed E-state index contributed by atoms with van der Waals surface area (Å²) in [5.41, 5.74) is 9.46. The molecule has 1 spiro atoms. The third-order valence-corrected chi connectivity index (χ3v) is 5.58. The Morgan fingerprint density at radius 2 is 1.92 bits per heavy atom. The Bertz CT molecular complexity index is 684. The highest BCUT2D eigenvalue weighted by molar-refractivity contribution is 5.76. The van der Waals surface area contributed by atoms with Crippen LogP contribution in [0, 0.1) is 11.3 Å². The van der Waals surface area contributed by atoms with Crippen LogP contribution in [-0.4, -0.2) is 36.4 Å². The molecule has 2 fully saturated rings. The number of rotatable bonds is 6. The molecule has 1 saturated carbocycles.